The van der Waals surface area contributed by atoms with E-state index in [4.69, 9.17) is 16.3 Å². The zero-order chi connectivity index (χ0) is 15.1. The lowest BCUT2D eigenvalue weighted by Crippen LogP contribution is -2.33. The molecule has 0 radical (unpaired) electrons. The molecule has 2 aromatic rings. The van der Waals surface area contributed by atoms with Crippen molar-refractivity contribution < 1.29 is 9.53 Å². The minimum atomic E-state index is -0.102. The van der Waals surface area contributed by atoms with Gasteiger partial charge in [-0.25, -0.2) is 4.98 Å². The van der Waals surface area contributed by atoms with Crippen LogP contribution in [0.25, 0.3) is 0 Å². The molecular formula is C15H17ClN2O2S. The second-order valence-electron chi connectivity index (χ2n) is 4.67. The summed E-state index contributed by atoms with van der Waals surface area (Å²) in [6, 6.07) is 7.16. The Kier molecular flexibility index (Phi) is 6.02. The van der Waals surface area contributed by atoms with Gasteiger partial charge >= 0.3 is 0 Å². The van der Waals surface area contributed by atoms with Crippen molar-refractivity contribution in [2.24, 2.45) is 0 Å². The Hall–Kier alpha value is -1.59. The average molecular weight is 325 g/mol. The maximum Gasteiger partial charge on any atom is 0.220 e. The predicted octanol–water partition coefficient (Wildman–Crippen LogP) is 3.31. The summed E-state index contributed by atoms with van der Waals surface area (Å²) in [6.07, 6.45) is 1.01. The SMILES string of the molecule is CC(CNC(=O)CCc1cscn1)Oc1ccc(Cl)cc1. The van der Waals surface area contributed by atoms with Gasteiger partial charge in [0.1, 0.15) is 11.9 Å². The first-order valence-electron chi connectivity index (χ1n) is 6.69. The van der Waals surface area contributed by atoms with Crippen LogP contribution < -0.4 is 10.1 Å². The highest BCUT2D eigenvalue weighted by atomic mass is 35.5. The number of thiazole rings is 1. The van der Waals surface area contributed by atoms with Crippen LogP contribution in [0.2, 0.25) is 5.02 Å². The first kappa shape index (κ1) is 15.8. The van der Waals surface area contributed by atoms with E-state index >= 15 is 0 Å². The van der Waals surface area contributed by atoms with Crippen LogP contribution in [0.5, 0.6) is 5.75 Å². The summed E-state index contributed by atoms with van der Waals surface area (Å²) < 4.78 is 5.69. The van der Waals surface area contributed by atoms with Crippen molar-refractivity contribution in [3.63, 3.8) is 0 Å². The van der Waals surface area contributed by atoms with E-state index < -0.39 is 0 Å². The Balaban J connectivity index is 1.67. The molecule has 0 saturated heterocycles. The Morgan fingerprint density at radius 1 is 1.43 bits per heavy atom. The molecule has 0 fully saturated rings. The van der Waals surface area contributed by atoms with E-state index in [-0.39, 0.29) is 12.0 Å². The third kappa shape index (κ3) is 5.73. The molecule has 0 saturated carbocycles. The molecule has 112 valence electrons. The fraction of sp³-hybridized carbons (Fsp3) is 0.333. The summed E-state index contributed by atoms with van der Waals surface area (Å²) in [7, 11) is 0. The molecule has 1 aromatic heterocycles. The van der Waals surface area contributed by atoms with Gasteiger partial charge in [0.25, 0.3) is 0 Å². The highest BCUT2D eigenvalue weighted by Gasteiger charge is 2.08. The number of hydrogen-bond donors (Lipinski definition) is 1. The Labute approximate surface area is 133 Å². The van der Waals surface area contributed by atoms with E-state index in [1.54, 1.807) is 17.6 Å². The van der Waals surface area contributed by atoms with Gasteiger partial charge < -0.3 is 10.1 Å². The molecule has 1 heterocycles. The smallest absolute Gasteiger partial charge is 0.220 e. The lowest BCUT2D eigenvalue weighted by atomic mass is 10.2. The number of carbonyl (C=O) groups excluding carboxylic acids is 1. The first-order chi connectivity index (χ1) is 10.1. The topological polar surface area (TPSA) is 51.2 Å². The molecule has 1 amide bonds. The minimum absolute atomic E-state index is 0.00885. The average Bonchev–Trinajstić information content (AvgIpc) is 2.99. The molecule has 1 aromatic carbocycles. The number of halogens is 1. The highest BCUT2D eigenvalue weighted by molar-refractivity contribution is 7.07. The van der Waals surface area contributed by atoms with Crippen LogP contribution in [-0.2, 0) is 11.2 Å². The number of rotatable bonds is 7. The van der Waals surface area contributed by atoms with E-state index in [9.17, 15) is 4.79 Å². The van der Waals surface area contributed by atoms with Gasteiger partial charge in [-0.1, -0.05) is 11.6 Å². The summed E-state index contributed by atoms with van der Waals surface area (Å²) in [5.41, 5.74) is 2.73. The number of carbonyl (C=O) groups is 1. The number of aryl methyl sites for hydroxylation is 1. The number of benzene rings is 1. The summed E-state index contributed by atoms with van der Waals surface area (Å²) >= 11 is 7.35. The van der Waals surface area contributed by atoms with Gasteiger partial charge in [0, 0.05) is 16.8 Å². The number of nitrogens with zero attached hydrogens (tertiary/aromatic N) is 1. The number of hydrogen-bond acceptors (Lipinski definition) is 4. The quantitative estimate of drug-likeness (QED) is 0.850. The van der Waals surface area contributed by atoms with Gasteiger partial charge in [-0.15, -0.1) is 11.3 Å². The van der Waals surface area contributed by atoms with Gasteiger partial charge in [-0.05, 0) is 37.6 Å². The molecule has 2 rings (SSSR count). The van der Waals surface area contributed by atoms with Crippen LogP contribution in [0.1, 0.15) is 19.0 Å². The third-order valence-corrected chi connectivity index (χ3v) is 3.72. The van der Waals surface area contributed by atoms with E-state index in [1.807, 2.05) is 24.4 Å². The molecule has 4 nitrogen and oxygen atoms in total. The second kappa shape index (κ2) is 8.00. The molecule has 21 heavy (non-hydrogen) atoms. The Bertz CT molecular complexity index is 558. The molecular weight excluding hydrogens is 308 g/mol. The Morgan fingerprint density at radius 2 is 2.19 bits per heavy atom. The summed E-state index contributed by atoms with van der Waals surface area (Å²) in [5, 5.41) is 5.49. The lowest BCUT2D eigenvalue weighted by Gasteiger charge is -2.15. The fourth-order valence-electron chi connectivity index (χ4n) is 1.74. The number of nitrogens with one attached hydrogen (secondary N) is 1. The maximum absolute atomic E-state index is 11.7. The van der Waals surface area contributed by atoms with Crippen molar-refractivity contribution in [3.05, 3.63) is 45.9 Å². The van der Waals surface area contributed by atoms with Crippen molar-refractivity contribution in [2.45, 2.75) is 25.9 Å². The molecule has 0 aliphatic heterocycles. The van der Waals surface area contributed by atoms with Crippen molar-refractivity contribution in [2.75, 3.05) is 6.54 Å². The zero-order valence-corrected chi connectivity index (χ0v) is 13.3. The predicted molar refractivity (Wildman–Crippen MR) is 85.0 cm³/mol. The fourth-order valence-corrected chi connectivity index (χ4v) is 2.45. The van der Waals surface area contributed by atoms with Crippen molar-refractivity contribution in [1.29, 1.82) is 0 Å². The van der Waals surface area contributed by atoms with Crippen LogP contribution in [0.15, 0.2) is 35.2 Å². The monoisotopic (exact) mass is 324 g/mol. The lowest BCUT2D eigenvalue weighted by molar-refractivity contribution is -0.121. The third-order valence-electron chi connectivity index (χ3n) is 2.83. The van der Waals surface area contributed by atoms with Gasteiger partial charge in [0.15, 0.2) is 0 Å². The van der Waals surface area contributed by atoms with Gasteiger partial charge in [-0.2, -0.15) is 0 Å². The standard InChI is InChI=1S/C15H17ClN2O2S/c1-11(20-14-5-2-12(16)3-6-14)8-17-15(19)7-4-13-9-21-10-18-13/h2-3,5-6,9-11H,4,7-8H2,1H3,(H,17,19). The van der Waals surface area contributed by atoms with Crippen molar-refractivity contribution in [3.8, 4) is 5.75 Å². The second-order valence-corrected chi connectivity index (χ2v) is 5.82. The largest absolute Gasteiger partial charge is 0.489 e. The zero-order valence-electron chi connectivity index (χ0n) is 11.7. The van der Waals surface area contributed by atoms with E-state index in [1.165, 1.54) is 11.3 Å². The molecule has 0 spiro atoms. The van der Waals surface area contributed by atoms with Crippen LogP contribution >= 0.6 is 22.9 Å². The van der Waals surface area contributed by atoms with Gasteiger partial charge in [0.05, 0.1) is 17.7 Å². The molecule has 6 heteroatoms. The Morgan fingerprint density at radius 3 is 2.86 bits per heavy atom. The minimum Gasteiger partial charge on any atom is -0.489 e. The summed E-state index contributed by atoms with van der Waals surface area (Å²) in [4.78, 5) is 15.9. The normalized spacial score (nSPS) is 11.9. The molecule has 1 atom stereocenters. The summed E-state index contributed by atoms with van der Waals surface area (Å²) in [5.74, 6) is 0.748. The van der Waals surface area contributed by atoms with Gasteiger partial charge in [-0.3, -0.25) is 4.79 Å². The highest BCUT2D eigenvalue weighted by Crippen LogP contribution is 2.16. The molecule has 0 aliphatic rings. The summed E-state index contributed by atoms with van der Waals surface area (Å²) in [6.45, 7) is 2.38. The van der Waals surface area contributed by atoms with Crippen LogP contribution in [-0.4, -0.2) is 23.5 Å². The van der Waals surface area contributed by atoms with Crippen LogP contribution in [0, 0.1) is 0 Å². The van der Waals surface area contributed by atoms with Crippen LogP contribution in [0.4, 0.5) is 0 Å². The molecule has 1 unspecified atom stereocenters. The van der Waals surface area contributed by atoms with Crippen LogP contribution in [0.3, 0.4) is 0 Å². The number of aromatic nitrogens is 1. The first-order valence-corrected chi connectivity index (χ1v) is 8.01. The van der Waals surface area contributed by atoms with E-state index in [0.29, 0.717) is 24.4 Å². The van der Waals surface area contributed by atoms with Crippen molar-refractivity contribution >= 4 is 28.8 Å². The number of ether oxygens (including phenoxy) is 1. The van der Waals surface area contributed by atoms with Crippen molar-refractivity contribution in [1.82, 2.24) is 10.3 Å². The molecule has 0 aliphatic carbocycles. The van der Waals surface area contributed by atoms with E-state index in [2.05, 4.69) is 10.3 Å². The van der Waals surface area contributed by atoms with E-state index in [0.717, 1.165) is 11.4 Å². The molecule has 0 bridgehead atoms. The maximum atomic E-state index is 11.7. The molecule has 1 N–H and O–H groups in total. The number of amides is 1. The van der Waals surface area contributed by atoms with Gasteiger partial charge in [0.2, 0.25) is 5.91 Å².